The van der Waals surface area contributed by atoms with Gasteiger partial charge in [-0.15, -0.1) is 0 Å². The molecule has 0 amide bonds. The number of rotatable bonds is 4. The first-order valence-electron chi connectivity index (χ1n) is 6.51. The van der Waals surface area contributed by atoms with Crippen molar-refractivity contribution in [2.75, 3.05) is 5.32 Å². The fourth-order valence-electron chi connectivity index (χ4n) is 2.43. The van der Waals surface area contributed by atoms with Gasteiger partial charge in [-0.05, 0) is 34.0 Å². The molecule has 2 atom stereocenters. The molecule has 1 N–H and O–H groups in total. The van der Waals surface area contributed by atoms with Gasteiger partial charge in [0.2, 0.25) is 0 Å². The lowest BCUT2D eigenvalue weighted by Gasteiger charge is -2.08. The van der Waals surface area contributed by atoms with Gasteiger partial charge in [0.05, 0.1) is 15.5 Å². The summed E-state index contributed by atoms with van der Waals surface area (Å²) >= 11 is 3.06. The molecule has 0 radical (unpaired) electrons. The third-order valence-electron chi connectivity index (χ3n) is 3.59. The van der Waals surface area contributed by atoms with Crippen LogP contribution in [0.15, 0.2) is 46.9 Å². The molecule has 1 aliphatic carbocycles. The van der Waals surface area contributed by atoms with E-state index in [-0.39, 0.29) is 16.2 Å². The van der Waals surface area contributed by atoms with E-state index in [4.69, 9.17) is 0 Å². The Labute approximate surface area is 129 Å². The van der Waals surface area contributed by atoms with Gasteiger partial charge < -0.3 is 5.32 Å². The van der Waals surface area contributed by atoms with Crippen LogP contribution in [0, 0.1) is 15.9 Å². The Morgan fingerprint density at radius 1 is 1.29 bits per heavy atom. The van der Waals surface area contributed by atoms with Gasteiger partial charge in [-0.3, -0.25) is 10.1 Å². The van der Waals surface area contributed by atoms with Crippen molar-refractivity contribution in [3.63, 3.8) is 0 Å². The Balaban J connectivity index is 1.80. The first-order chi connectivity index (χ1) is 10.1. The van der Waals surface area contributed by atoms with Crippen LogP contribution in [-0.2, 0) is 0 Å². The molecule has 2 unspecified atom stereocenters. The molecule has 1 saturated carbocycles. The normalized spacial score (nSPS) is 20.1. The number of halogens is 2. The Morgan fingerprint density at radius 2 is 2.00 bits per heavy atom. The quantitative estimate of drug-likeness (QED) is 0.653. The minimum Gasteiger partial charge on any atom is -0.376 e. The van der Waals surface area contributed by atoms with Crippen LogP contribution in [0.3, 0.4) is 0 Å². The van der Waals surface area contributed by atoms with Gasteiger partial charge >= 0.3 is 0 Å². The van der Waals surface area contributed by atoms with Crippen LogP contribution in [0.1, 0.15) is 17.9 Å². The molecule has 21 heavy (non-hydrogen) atoms. The minimum absolute atomic E-state index is 0.142. The van der Waals surface area contributed by atoms with E-state index >= 15 is 0 Å². The van der Waals surface area contributed by atoms with E-state index in [0.717, 1.165) is 12.5 Å². The Bertz CT molecular complexity index is 694. The first kappa shape index (κ1) is 14.0. The minimum atomic E-state index is -0.636. The van der Waals surface area contributed by atoms with Crippen molar-refractivity contribution in [3.8, 4) is 0 Å². The van der Waals surface area contributed by atoms with Crippen LogP contribution in [-0.4, -0.2) is 11.0 Å². The van der Waals surface area contributed by atoms with Gasteiger partial charge in [-0.25, -0.2) is 4.39 Å². The zero-order chi connectivity index (χ0) is 15.0. The molecule has 0 aliphatic heterocycles. The summed E-state index contributed by atoms with van der Waals surface area (Å²) in [5, 5.41) is 14.2. The number of anilines is 1. The fraction of sp³-hybridized carbons (Fsp3) is 0.200. The average molecular weight is 351 g/mol. The second kappa shape index (κ2) is 5.44. The van der Waals surface area contributed by atoms with E-state index in [1.54, 1.807) is 0 Å². The van der Waals surface area contributed by atoms with Crippen LogP contribution in [0.4, 0.5) is 15.8 Å². The van der Waals surface area contributed by atoms with Gasteiger partial charge in [0.15, 0.2) is 0 Å². The van der Waals surface area contributed by atoms with Gasteiger partial charge in [-0.2, -0.15) is 0 Å². The lowest BCUT2D eigenvalue weighted by molar-refractivity contribution is -0.384. The van der Waals surface area contributed by atoms with Gasteiger partial charge in [-0.1, -0.05) is 30.3 Å². The second-order valence-corrected chi connectivity index (χ2v) is 5.90. The van der Waals surface area contributed by atoms with Gasteiger partial charge in [0.25, 0.3) is 5.69 Å². The Morgan fingerprint density at radius 3 is 2.67 bits per heavy atom. The van der Waals surface area contributed by atoms with Crippen LogP contribution in [0.2, 0.25) is 0 Å². The molecule has 6 heteroatoms. The molecule has 0 saturated heterocycles. The van der Waals surface area contributed by atoms with E-state index in [2.05, 4.69) is 21.2 Å². The van der Waals surface area contributed by atoms with Crippen molar-refractivity contribution in [1.29, 1.82) is 0 Å². The van der Waals surface area contributed by atoms with E-state index < -0.39 is 10.7 Å². The molecule has 1 aliphatic rings. The molecule has 0 spiro atoms. The summed E-state index contributed by atoms with van der Waals surface area (Å²) in [7, 11) is 0. The van der Waals surface area contributed by atoms with Crippen molar-refractivity contribution in [2.24, 2.45) is 0 Å². The van der Waals surface area contributed by atoms with Crippen molar-refractivity contribution >= 4 is 27.3 Å². The zero-order valence-corrected chi connectivity index (χ0v) is 12.5. The number of nitrogens with zero attached hydrogens (tertiary/aromatic N) is 1. The maximum Gasteiger partial charge on any atom is 0.295 e. The van der Waals surface area contributed by atoms with E-state index in [1.165, 1.54) is 11.6 Å². The largest absolute Gasteiger partial charge is 0.376 e. The average Bonchev–Trinajstić information content (AvgIpc) is 3.22. The molecular weight excluding hydrogens is 339 g/mol. The smallest absolute Gasteiger partial charge is 0.295 e. The molecule has 2 aromatic rings. The lowest BCUT2D eigenvalue weighted by atomic mass is 10.1. The number of hydrogen-bond donors (Lipinski definition) is 1. The molecule has 1 fully saturated rings. The Kier molecular flexibility index (Phi) is 3.63. The number of nitro groups is 1. The van der Waals surface area contributed by atoms with Crippen LogP contribution in [0.25, 0.3) is 0 Å². The highest BCUT2D eigenvalue weighted by Crippen LogP contribution is 2.44. The van der Waals surface area contributed by atoms with E-state index in [9.17, 15) is 14.5 Å². The molecule has 2 aromatic carbocycles. The molecule has 3 rings (SSSR count). The topological polar surface area (TPSA) is 55.2 Å². The van der Waals surface area contributed by atoms with Crippen molar-refractivity contribution in [2.45, 2.75) is 18.4 Å². The highest BCUT2D eigenvalue weighted by molar-refractivity contribution is 9.10. The summed E-state index contributed by atoms with van der Waals surface area (Å²) in [6, 6.07) is 12.5. The van der Waals surface area contributed by atoms with Crippen molar-refractivity contribution in [1.82, 2.24) is 0 Å². The summed E-state index contributed by atoms with van der Waals surface area (Å²) in [6.07, 6.45) is 0.913. The summed E-state index contributed by atoms with van der Waals surface area (Å²) < 4.78 is 13.7. The third-order valence-corrected chi connectivity index (χ3v) is 4.20. The van der Waals surface area contributed by atoms with Crippen LogP contribution in [0.5, 0.6) is 0 Å². The number of nitrogens with one attached hydrogen (secondary N) is 1. The molecule has 4 nitrogen and oxygen atoms in total. The van der Waals surface area contributed by atoms with Crippen LogP contribution < -0.4 is 5.32 Å². The first-order valence-corrected chi connectivity index (χ1v) is 7.30. The van der Waals surface area contributed by atoms with Crippen molar-refractivity contribution in [3.05, 3.63) is 68.4 Å². The van der Waals surface area contributed by atoms with Gasteiger partial charge in [0.1, 0.15) is 11.5 Å². The Hall–Kier alpha value is -1.95. The zero-order valence-electron chi connectivity index (χ0n) is 10.9. The maximum absolute atomic E-state index is 13.4. The highest BCUT2D eigenvalue weighted by atomic mass is 79.9. The molecule has 0 heterocycles. The van der Waals surface area contributed by atoms with Gasteiger partial charge in [0, 0.05) is 12.0 Å². The van der Waals surface area contributed by atoms with E-state index in [0.29, 0.717) is 11.6 Å². The SMILES string of the molecule is O=[N+]([O-])c1cc(F)c(Br)cc1NC1CC1c1ccccc1. The molecule has 108 valence electrons. The fourth-order valence-corrected chi connectivity index (χ4v) is 2.77. The highest BCUT2D eigenvalue weighted by Gasteiger charge is 2.39. The molecule has 0 aromatic heterocycles. The molecular formula is C15H12BrFN2O2. The maximum atomic E-state index is 13.4. The second-order valence-electron chi connectivity index (χ2n) is 5.04. The third kappa shape index (κ3) is 2.90. The predicted molar refractivity (Wildman–Crippen MR) is 82.0 cm³/mol. The standard InChI is InChI=1S/C15H12BrFN2O2/c16-11-7-14(15(19(20)21)8-12(11)17)18-13-6-10(13)9-4-2-1-3-5-9/h1-5,7-8,10,13,18H,6H2. The number of benzene rings is 2. The monoisotopic (exact) mass is 350 g/mol. The van der Waals surface area contributed by atoms with Crippen molar-refractivity contribution < 1.29 is 9.31 Å². The summed E-state index contributed by atoms with van der Waals surface area (Å²) in [6.45, 7) is 0. The predicted octanol–water partition coefficient (Wildman–Crippen LogP) is 4.46. The summed E-state index contributed by atoms with van der Waals surface area (Å²) in [5.41, 5.74) is 1.31. The summed E-state index contributed by atoms with van der Waals surface area (Å²) in [4.78, 5) is 10.5. The molecule has 0 bridgehead atoms. The number of nitro benzene ring substituents is 1. The van der Waals surface area contributed by atoms with E-state index in [1.807, 2.05) is 30.3 Å². The number of hydrogen-bond acceptors (Lipinski definition) is 3. The summed E-state index contributed by atoms with van der Waals surface area (Å²) in [5.74, 6) is -0.294. The lowest BCUT2D eigenvalue weighted by Crippen LogP contribution is -2.07. The van der Waals surface area contributed by atoms with Crippen LogP contribution >= 0.6 is 15.9 Å².